The van der Waals surface area contributed by atoms with Gasteiger partial charge in [0.1, 0.15) is 11.5 Å². The number of halogens is 1. The van der Waals surface area contributed by atoms with Crippen LogP contribution in [0.15, 0.2) is 18.2 Å². The molecule has 4 nitrogen and oxygen atoms in total. The van der Waals surface area contributed by atoms with Crippen molar-refractivity contribution in [2.75, 3.05) is 40.4 Å². The van der Waals surface area contributed by atoms with Crippen LogP contribution in [0.4, 0.5) is 0 Å². The fourth-order valence-corrected chi connectivity index (χ4v) is 3.89. The van der Waals surface area contributed by atoms with Crippen LogP contribution in [0, 0.1) is 5.92 Å². The minimum absolute atomic E-state index is 0. The summed E-state index contributed by atoms with van der Waals surface area (Å²) in [6.07, 6.45) is 5.13. The van der Waals surface area contributed by atoms with E-state index in [4.69, 9.17) is 9.47 Å². The minimum atomic E-state index is 0. The zero-order valence-corrected chi connectivity index (χ0v) is 15.0. The third-order valence-electron chi connectivity index (χ3n) is 5.11. The van der Waals surface area contributed by atoms with Gasteiger partial charge in [0, 0.05) is 24.2 Å². The molecular weight excluding hydrogens is 312 g/mol. The third-order valence-corrected chi connectivity index (χ3v) is 5.11. The van der Waals surface area contributed by atoms with Crippen LogP contribution in [0.2, 0.25) is 0 Å². The number of nitrogens with one attached hydrogen (secondary N) is 1. The van der Waals surface area contributed by atoms with Crippen LogP contribution in [0.5, 0.6) is 11.5 Å². The normalized spacial score (nSPS) is 22.6. The van der Waals surface area contributed by atoms with Crippen LogP contribution in [0.1, 0.15) is 37.3 Å². The van der Waals surface area contributed by atoms with E-state index in [1.54, 1.807) is 14.2 Å². The Bertz CT molecular complexity index is 492. The second-order valence-corrected chi connectivity index (χ2v) is 6.45. The molecule has 1 N–H and O–H groups in total. The summed E-state index contributed by atoms with van der Waals surface area (Å²) in [6, 6.07) is 6.74. The quantitative estimate of drug-likeness (QED) is 0.892. The molecule has 130 valence electrons. The predicted octanol–water partition coefficient (Wildman–Crippen LogP) is 3.26. The molecule has 2 saturated heterocycles. The number of benzene rings is 1. The molecule has 2 fully saturated rings. The first-order chi connectivity index (χ1) is 10.8. The Labute approximate surface area is 145 Å². The number of rotatable bonds is 5. The average molecular weight is 341 g/mol. The molecule has 3 rings (SSSR count). The number of ether oxygens (including phenoxy) is 2. The minimum Gasteiger partial charge on any atom is -0.497 e. The topological polar surface area (TPSA) is 33.7 Å². The number of methoxy groups -OCH3 is 2. The molecule has 0 aliphatic carbocycles. The number of hydrogen-bond acceptors (Lipinski definition) is 4. The number of hydrogen-bond donors (Lipinski definition) is 1. The van der Waals surface area contributed by atoms with Crippen molar-refractivity contribution in [1.29, 1.82) is 0 Å². The van der Waals surface area contributed by atoms with Crippen LogP contribution in [0.25, 0.3) is 0 Å². The van der Waals surface area contributed by atoms with Gasteiger partial charge < -0.3 is 14.8 Å². The Morgan fingerprint density at radius 2 is 1.91 bits per heavy atom. The second-order valence-electron chi connectivity index (χ2n) is 6.45. The molecule has 0 radical (unpaired) electrons. The molecule has 2 heterocycles. The molecule has 0 bridgehead atoms. The lowest BCUT2D eigenvalue weighted by Crippen LogP contribution is -2.36. The molecule has 1 aromatic rings. The highest BCUT2D eigenvalue weighted by molar-refractivity contribution is 5.85. The molecule has 1 atom stereocenters. The Morgan fingerprint density at radius 3 is 2.61 bits per heavy atom. The first kappa shape index (κ1) is 18.4. The molecule has 0 saturated carbocycles. The van der Waals surface area contributed by atoms with Crippen LogP contribution in [-0.2, 0) is 0 Å². The maximum absolute atomic E-state index is 5.62. The van der Waals surface area contributed by atoms with Gasteiger partial charge in [0.2, 0.25) is 0 Å². The van der Waals surface area contributed by atoms with Gasteiger partial charge in [-0.2, -0.15) is 0 Å². The lowest BCUT2D eigenvalue weighted by atomic mass is 9.96. The van der Waals surface area contributed by atoms with Gasteiger partial charge in [-0.3, -0.25) is 4.90 Å². The number of nitrogens with zero attached hydrogens (tertiary/aromatic N) is 1. The largest absolute Gasteiger partial charge is 0.497 e. The maximum atomic E-state index is 5.62. The van der Waals surface area contributed by atoms with Crippen LogP contribution >= 0.6 is 12.4 Å². The van der Waals surface area contributed by atoms with E-state index in [-0.39, 0.29) is 12.4 Å². The summed E-state index contributed by atoms with van der Waals surface area (Å²) in [6.45, 7) is 4.79. The van der Waals surface area contributed by atoms with Crippen molar-refractivity contribution in [2.45, 2.75) is 31.7 Å². The van der Waals surface area contributed by atoms with Crippen molar-refractivity contribution in [3.63, 3.8) is 0 Å². The highest BCUT2D eigenvalue weighted by Crippen LogP contribution is 2.39. The van der Waals surface area contributed by atoms with Gasteiger partial charge >= 0.3 is 0 Å². The van der Waals surface area contributed by atoms with E-state index in [0.717, 1.165) is 17.4 Å². The lowest BCUT2D eigenvalue weighted by molar-refractivity contribution is 0.190. The standard InChI is InChI=1S/C18H28N2O2.ClH/c1-21-15-5-6-16(18(12-15)22-2)17-4-3-11-20(17)13-14-7-9-19-10-8-14;/h5-6,12,14,17,19H,3-4,7-11,13H2,1-2H3;1H. The summed E-state index contributed by atoms with van der Waals surface area (Å²) >= 11 is 0. The van der Waals surface area contributed by atoms with Crippen molar-refractivity contribution in [3.05, 3.63) is 23.8 Å². The number of likely N-dealkylation sites (tertiary alicyclic amines) is 1. The van der Waals surface area contributed by atoms with E-state index in [2.05, 4.69) is 22.3 Å². The molecule has 0 amide bonds. The van der Waals surface area contributed by atoms with Crippen molar-refractivity contribution < 1.29 is 9.47 Å². The predicted molar refractivity (Wildman–Crippen MR) is 95.9 cm³/mol. The van der Waals surface area contributed by atoms with Gasteiger partial charge in [-0.05, 0) is 57.3 Å². The van der Waals surface area contributed by atoms with Crippen molar-refractivity contribution in [2.24, 2.45) is 5.92 Å². The highest BCUT2D eigenvalue weighted by Gasteiger charge is 2.30. The van der Waals surface area contributed by atoms with Crippen molar-refractivity contribution in [1.82, 2.24) is 10.2 Å². The molecule has 2 aliphatic heterocycles. The third kappa shape index (κ3) is 4.31. The Morgan fingerprint density at radius 1 is 1.13 bits per heavy atom. The van der Waals surface area contributed by atoms with Crippen LogP contribution in [0.3, 0.4) is 0 Å². The van der Waals surface area contributed by atoms with E-state index < -0.39 is 0 Å². The molecule has 2 aliphatic rings. The fraction of sp³-hybridized carbons (Fsp3) is 0.667. The first-order valence-electron chi connectivity index (χ1n) is 8.48. The van der Waals surface area contributed by atoms with Gasteiger partial charge in [0.15, 0.2) is 0 Å². The smallest absolute Gasteiger partial charge is 0.127 e. The van der Waals surface area contributed by atoms with Crippen LogP contribution < -0.4 is 14.8 Å². The molecule has 1 unspecified atom stereocenters. The fourth-order valence-electron chi connectivity index (χ4n) is 3.89. The average Bonchev–Trinajstić information content (AvgIpc) is 3.03. The number of piperidine rings is 1. The molecule has 23 heavy (non-hydrogen) atoms. The van der Waals surface area contributed by atoms with E-state index in [1.165, 1.54) is 57.4 Å². The van der Waals surface area contributed by atoms with Gasteiger partial charge in [-0.15, -0.1) is 12.4 Å². The zero-order valence-electron chi connectivity index (χ0n) is 14.2. The molecule has 0 spiro atoms. The summed E-state index contributed by atoms with van der Waals surface area (Å²) in [5.74, 6) is 2.66. The summed E-state index contributed by atoms with van der Waals surface area (Å²) in [5, 5.41) is 3.46. The maximum Gasteiger partial charge on any atom is 0.127 e. The van der Waals surface area contributed by atoms with E-state index in [0.29, 0.717) is 6.04 Å². The Balaban J connectivity index is 0.00000192. The molecule has 5 heteroatoms. The van der Waals surface area contributed by atoms with Gasteiger partial charge in [-0.1, -0.05) is 6.07 Å². The monoisotopic (exact) mass is 340 g/mol. The SMILES string of the molecule is COc1ccc(C2CCCN2CC2CCNCC2)c(OC)c1.Cl. The molecular formula is C18H29ClN2O2. The first-order valence-corrected chi connectivity index (χ1v) is 8.48. The Kier molecular flexibility index (Phi) is 7.00. The summed E-state index contributed by atoms with van der Waals surface area (Å²) in [7, 11) is 3.46. The highest BCUT2D eigenvalue weighted by atomic mass is 35.5. The van der Waals surface area contributed by atoms with E-state index >= 15 is 0 Å². The van der Waals surface area contributed by atoms with Crippen molar-refractivity contribution >= 4 is 12.4 Å². The van der Waals surface area contributed by atoms with Crippen LogP contribution in [-0.4, -0.2) is 45.3 Å². The van der Waals surface area contributed by atoms with Gasteiger partial charge in [0.05, 0.1) is 14.2 Å². The Hall–Kier alpha value is -0.970. The second kappa shape index (κ2) is 8.76. The summed E-state index contributed by atoms with van der Waals surface area (Å²) in [5.41, 5.74) is 1.31. The molecule has 1 aromatic carbocycles. The lowest BCUT2D eigenvalue weighted by Gasteiger charge is -2.32. The van der Waals surface area contributed by atoms with E-state index in [9.17, 15) is 0 Å². The zero-order chi connectivity index (χ0) is 15.4. The van der Waals surface area contributed by atoms with E-state index in [1.807, 2.05) is 6.07 Å². The van der Waals surface area contributed by atoms with Gasteiger partial charge in [-0.25, -0.2) is 0 Å². The van der Waals surface area contributed by atoms with Crippen molar-refractivity contribution in [3.8, 4) is 11.5 Å². The summed E-state index contributed by atoms with van der Waals surface area (Å²) in [4.78, 5) is 2.67. The summed E-state index contributed by atoms with van der Waals surface area (Å²) < 4.78 is 10.9. The van der Waals surface area contributed by atoms with Gasteiger partial charge in [0.25, 0.3) is 0 Å². The molecule has 0 aromatic heterocycles.